The van der Waals surface area contributed by atoms with Crippen LogP contribution in [0.1, 0.15) is 0 Å². The van der Waals surface area contributed by atoms with Gasteiger partial charge in [-0.25, -0.2) is 0 Å². The molecule has 1 amide bonds. The van der Waals surface area contributed by atoms with E-state index in [1.165, 1.54) is 0 Å². The Hall–Kier alpha value is -0.620. The molecule has 0 spiro atoms. The largest absolute Gasteiger partial charge is 0.379 e. The van der Waals surface area contributed by atoms with Crippen molar-refractivity contribution >= 4 is 39.9 Å². The van der Waals surface area contributed by atoms with Gasteiger partial charge in [0.1, 0.15) is 0 Å². The summed E-state index contributed by atoms with van der Waals surface area (Å²) >= 11 is 3.40. The van der Waals surface area contributed by atoms with Gasteiger partial charge in [-0.1, -0.05) is 12.1 Å². The van der Waals surface area contributed by atoms with Gasteiger partial charge in [0.05, 0.1) is 25.4 Å². The first-order valence-electron chi connectivity index (χ1n) is 5.60. The minimum Gasteiger partial charge on any atom is -0.379 e. The minimum atomic E-state index is 0. The maximum absolute atomic E-state index is 11.8. The monoisotopic (exact) mass is 334 g/mol. The van der Waals surface area contributed by atoms with Crippen molar-refractivity contribution in [1.29, 1.82) is 0 Å². The summed E-state index contributed by atoms with van der Waals surface area (Å²) in [7, 11) is 0. The van der Waals surface area contributed by atoms with E-state index in [1.54, 1.807) is 0 Å². The van der Waals surface area contributed by atoms with Gasteiger partial charge < -0.3 is 10.1 Å². The van der Waals surface area contributed by atoms with Crippen molar-refractivity contribution in [1.82, 2.24) is 4.90 Å². The Labute approximate surface area is 121 Å². The van der Waals surface area contributed by atoms with Crippen molar-refractivity contribution in [2.24, 2.45) is 0 Å². The van der Waals surface area contributed by atoms with Gasteiger partial charge in [0.2, 0.25) is 5.91 Å². The minimum absolute atomic E-state index is 0. The summed E-state index contributed by atoms with van der Waals surface area (Å²) in [5, 5.41) is 2.89. The summed E-state index contributed by atoms with van der Waals surface area (Å²) in [6, 6.07) is 7.60. The van der Waals surface area contributed by atoms with Crippen molar-refractivity contribution in [2.45, 2.75) is 0 Å². The van der Waals surface area contributed by atoms with Gasteiger partial charge in [-0.15, -0.1) is 12.4 Å². The molecule has 4 nitrogen and oxygen atoms in total. The van der Waals surface area contributed by atoms with Gasteiger partial charge in [-0.3, -0.25) is 9.69 Å². The summed E-state index contributed by atoms with van der Waals surface area (Å²) in [6.45, 7) is 3.49. The number of amides is 1. The fourth-order valence-electron chi connectivity index (χ4n) is 1.71. The molecule has 6 heteroatoms. The Morgan fingerprint density at radius 2 is 2.00 bits per heavy atom. The van der Waals surface area contributed by atoms with Crippen LogP contribution in [0.25, 0.3) is 0 Å². The first kappa shape index (κ1) is 15.4. The van der Waals surface area contributed by atoms with Gasteiger partial charge in [-0.2, -0.15) is 0 Å². The van der Waals surface area contributed by atoms with Crippen molar-refractivity contribution in [3.8, 4) is 0 Å². The number of benzene rings is 1. The fourth-order valence-corrected chi connectivity index (χ4v) is 2.10. The number of para-hydroxylation sites is 1. The van der Waals surface area contributed by atoms with Crippen LogP contribution < -0.4 is 5.32 Å². The Bertz CT molecular complexity index is 397. The molecule has 1 aliphatic rings. The lowest BCUT2D eigenvalue weighted by molar-refractivity contribution is -0.118. The van der Waals surface area contributed by atoms with Crippen molar-refractivity contribution in [3.63, 3.8) is 0 Å². The number of ether oxygens (including phenoxy) is 1. The van der Waals surface area contributed by atoms with E-state index < -0.39 is 0 Å². The molecular weight excluding hydrogens is 320 g/mol. The molecule has 1 aromatic rings. The molecule has 0 atom stereocenters. The lowest BCUT2D eigenvalue weighted by Gasteiger charge is -2.25. The second-order valence-corrected chi connectivity index (χ2v) is 4.77. The molecule has 0 radical (unpaired) electrons. The molecule has 1 saturated heterocycles. The van der Waals surface area contributed by atoms with Crippen LogP contribution in [-0.2, 0) is 9.53 Å². The highest BCUT2D eigenvalue weighted by atomic mass is 79.9. The predicted molar refractivity (Wildman–Crippen MR) is 77.3 cm³/mol. The summed E-state index contributed by atoms with van der Waals surface area (Å²) < 4.78 is 6.14. The fraction of sp³-hybridized carbons (Fsp3) is 0.417. The van der Waals surface area contributed by atoms with Crippen molar-refractivity contribution < 1.29 is 9.53 Å². The van der Waals surface area contributed by atoms with Crippen LogP contribution >= 0.6 is 28.3 Å². The lowest BCUT2D eigenvalue weighted by Crippen LogP contribution is -2.41. The van der Waals surface area contributed by atoms with Crippen LogP contribution in [0.4, 0.5) is 5.69 Å². The molecule has 1 aromatic carbocycles. The molecule has 1 heterocycles. The molecule has 0 saturated carbocycles. The predicted octanol–water partition coefficient (Wildman–Crippen LogP) is 2.14. The quantitative estimate of drug-likeness (QED) is 0.920. The summed E-state index contributed by atoms with van der Waals surface area (Å²) in [5.41, 5.74) is 0.811. The zero-order valence-corrected chi connectivity index (χ0v) is 12.3. The van der Waals surface area contributed by atoms with Gasteiger partial charge in [0.15, 0.2) is 0 Å². The molecule has 1 fully saturated rings. The molecular formula is C12H16BrClN2O2. The average molecular weight is 336 g/mol. The molecule has 0 aromatic heterocycles. The molecule has 2 rings (SSSR count). The SMILES string of the molecule is Cl.O=C(CN1CCOCC1)Nc1ccccc1Br. The van der Waals surface area contributed by atoms with Gasteiger partial charge in [-0.05, 0) is 28.1 Å². The Morgan fingerprint density at radius 1 is 1.33 bits per heavy atom. The van der Waals surface area contributed by atoms with Crippen LogP contribution in [0, 0.1) is 0 Å². The third-order valence-electron chi connectivity index (χ3n) is 2.62. The van der Waals surface area contributed by atoms with Crippen molar-refractivity contribution in [3.05, 3.63) is 28.7 Å². The second kappa shape index (κ2) is 7.74. The highest BCUT2D eigenvalue weighted by Gasteiger charge is 2.14. The Kier molecular flexibility index (Phi) is 6.63. The van der Waals surface area contributed by atoms with Gasteiger partial charge >= 0.3 is 0 Å². The number of hydrogen-bond donors (Lipinski definition) is 1. The van der Waals surface area contributed by atoms with Crippen molar-refractivity contribution in [2.75, 3.05) is 38.2 Å². The van der Waals surface area contributed by atoms with E-state index in [0.717, 1.165) is 23.2 Å². The van der Waals surface area contributed by atoms with Gasteiger partial charge in [0, 0.05) is 17.6 Å². The first-order valence-corrected chi connectivity index (χ1v) is 6.39. The second-order valence-electron chi connectivity index (χ2n) is 3.92. The van der Waals surface area contributed by atoms with E-state index >= 15 is 0 Å². The molecule has 0 aliphatic carbocycles. The number of carbonyl (C=O) groups is 1. The normalized spacial score (nSPS) is 15.8. The highest BCUT2D eigenvalue weighted by molar-refractivity contribution is 9.10. The number of halogens is 2. The Morgan fingerprint density at radius 3 is 2.67 bits per heavy atom. The topological polar surface area (TPSA) is 41.6 Å². The van der Waals surface area contributed by atoms with Crippen LogP contribution in [0.5, 0.6) is 0 Å². The van der Waals surface area contributed by atoms with Crippen LogP contribution in [0.3, 0.4) is 0 Å². The van der Waals surface area contributed by atoms with E-state index in [-0.39, 0.29) is 18.3 Å². The van der Waals surface area contributed by atoms with Crippen LogP contribution in [-0.4, -0.2) is 43.7 Å². The molecule has 1 N–H and O–H groups in total. The number of anilines is 1. The standard InChI is InChI=1S/C12H15BrN2O2.ClH/c13-10-3-1-2-4-11(10)14-12(16)9-15-5-7-17-8-6-15;/h1-4H,5-9H2,(H,14,16);1H. The average Bonchev–Trinajstić information content (AvgIpc) is 2.33. The smallest absolute Gasteiger partial charge is 0.238 e. The van der Waals surface area contributed by atoms with Crippen LogP contribution in [0.2, 0.25) is 0 Å². The molecule has 100 valence electrons. The molecule has 18 heavy (non-hydrogen) atoms. The summed E-state index contributed by atoms with van der Waals surface area (Å²) in [4.78, 5) is 13.9. The number of morpholine rings is 1. The number of hydrogen-bond acceptors (Lipinski definition) is 3. The van der Waals surface area contributed by atoms with E-state index in [2.05, 4.69) is 26.1 Å². The van der Waals surface area contributed by atoms with Gasteiger partial charge in [0.25, 0.3) is 0 Å². The zero-order chi connectivity index (χ0) is 12.1. The summed E-state index contributed by atoms with van der Waals surface area (Å²) in [6.07, 6.45) is 0. The maximum Gasteiger partial charge on any atom is 0.238 e. The third-order valence-corrected chi connectivity index (χ3v) is 3.31. The maximum atomic E-state index is 11.8. The molecule has 1 aliphatic heterocycles. The molecule has 0 bridgehead atoms. The first-order chi connectivity index (χ1) is 8.25. The number of nitrogens with zero attached hydrogens (tertiary/aromatic N) is 1. The van der Waals surface area contributed by atoms with E-state index in [1.807, 2.05) is 24.3 Å². The van der Waals surface area contributed by atoms with E-state index in [4.69, 9.17) is 4.74 Å². The lowest BCUT2D eigenvalue weighted by atomic mass is 10.3. The molecule has 0 unspecified atom stereocenters. The number of carbonyl (C=O) groups excluding carboxylic acids is 1. The Balaban J connectivity index is 0.00000162. The number of nitrogens with one attached hydrogen (secondary N) is 1. The van der Waals surface area contributed by atoms with E-state index in [0.29, 0.717) is 19.8 Å². The number of rotatable bonds is 3. The third kappa shape index (κ3) is 4.57. The summed E-state index contributed by atoms with van der Waals surface area (Å²) in [5.74, 6) is 0.0128. The van der Waals surface area contributed by atoms with E-state index in [9.17, 15) is 4.79 Å². The zero-order valence-electron chi connectivity index (χ0n) is 9.89. The van der Waals surface area contributed by atoms with Crippen LogP contribution in [0.15, 0.2) is 28.7 Å². The highest BCUT2D eigenvalue weighted by Crippen LogP contribution is 2.20.